The van der Waals surface area contributed by atoms with E-state index in [0.29, 0.717) is 0 Å². The second-order valence-corrected chi connectivity index (χ2v) is 5.25. The first kappa shape index (κ1) is 13.2. The standard InChI is InChI=1S/C14H21NO3/c1-10(12-5-4-11(16)8-13(12)17)15-9-14(2)6-3-7-18-14/h4-5,8,10,15-17H,3,6-7,9H2,1-2H3. The van der Waals surface area contributed by atoms with Crippen molar-refractivity contribution in [3.8, 4) is 11.5 Å². The van der Waals surface area contributed by atoms with Gasteiger partial charge in [-0.25, -0.2) is 0 Å². The van der Waals surface area contributed by atoms with Crippen molar-refractivity contribution < 1.29 is 14.9 Å². The van der Waals surface area contributed by atoms with Crippen LogP contribution in [0.1, 0.15) is 38.3 Å². The van der Waals surface area contributed by atoms with E-state index in [-0.39, 0.29) is 23.1 Å². The number of rotatable bonds is 4. The molecule has 0 aromatic heterocycles. The van der Waals surface area contributed by atoms with Crippen molar-refractivity contribution in [3.05, 3.63) is 23.8 Å². The number of phenolic OH excluding ortho intramolecular Hbond substituents is 2. The zero-order valence-electron chi connectivity index (χ0n) is 10.9. The van der Waals surface area contributed by atoms with Crippen molar-refractivity contribution in [2.45, 2.75) is 38.3 Å². The van der Waals surface area contributed by atoms with Crippen LogP contribution >= 0.6 is 0 Å². The minimum atomic E-state index is -0.0964. The van der Waals surface area contributed by atoms with E-state index in [0.717, 1.165) is 31.6 Å². The van der Waals surface area contributed by atoms with Crippen molar-refractivity contribution in [1.29, 1.82) is 0 Å². The fourth-order valence-electron chi connectivity index (χ4n) is 2.35. The van der Waals surface area contributed by atoms with Gasteiger partial charge >= 0.3 is 0 Å². The highest BCUT2D eigenvalue weighted by molar-refractivity contribution is 5.40. The molecule has 1 fully saturated rings. The minimum Gasteiger partial charge on any atom is -0.508 e. The van der Waals surface area contributed by atoms with Gasteiger partial charge < -0.3 is 20.3 Å². The molecule has 100 valence electrons. The molecule has 2 atom stereocenters. The molecular weight excluding hydrogens is 230 g/mol. The summed E-state index contributed by atoms with van der Waals surface area (Å²) < 4.78 is 5.71. The van der Waals surface area contributed by atoms with Crippen LogP contribution in [0.5, 0.6) is 11.5 Å². The Hall–Kier alpha value is -1.26. The van der Waals surface area contributed by atoms with E-state index in [2.05, 4.69) is 12.2 Å². The van der Waals surface area contributed by atoms with E-state index in [1.54, 1.807) is 12.1 Å². The molecule has 18 heavy (non-hydrogen) atoms. The first-order valence-corrected chi connectivity index (χ1v) is 6.39. The molecule has 1 saturated heterocycles. The molecule has 0 amide bonds. The summed E-state index contributed by atoms with van der Waals surface area (Å²) in [4.78, 5) is 0. The molecule has 3 N–H and O–H groups in total. The number of benzene rings is 1. The van der Waals surface area contributed by atoms with E-state index in [9.17, 15) is 10.2 Å². The molecule has 4 nitrogen and oxygen atoms in total. The van der Waals surface area contributed by atoms with Gasteiger partial charge in [0.05, 0.1) is 5.60 Å². The van der Waals surface area contributed by atoms with Crippen molar-refractivity contribution in [2.24, 2.45) is 0 Å². The average Bonchev–Trinajstić information content (AvgIpc) is 2.74. The van der Waals surface area contributed by atoms with Gasteiger partial charge in [-0.15, -0.1) is 0 Å². The Bertz CT molecular complexity index is 414. The second kappa shape index (κ2) is 5.16. The molecule has 0 saturated carbocycles. The summed E-state index contributed by atoms with van der Waals surface area (Å²) in [5.41, 5.74) is 0.690. The number of aromatic hydroxyl groups is 2. The lowest BCUT2D eigenvalue weighted by Crippen LogP contribution is -2.38. The summed E-state index contributed by atoms with van der Waals surface area (Å²) in [5, 5.41) is 22.4. The van der Waals surface area contributed by atoms with Gasteiger partial charge in [-0.1, -0.05) is 6.07 Å². The molecule has 0 bridgehead atoms. The Kier molecular flexibility index (Phi) is 3.78. The van der Waals surface area contributed by atoms with Crippen LogP contribution in [0, 0.1) is 0 Å². The first-order chi connectivity index (χ1) is 8.50. The quantitative estimate of drug-likeness (QED) is 0.768. The van der Waals surface area contributed by atoms with Crippen LogP contribution in [0.3, 0.4) is 0 Å². The molecule has 2 rings (SSSR count). The van der Waals surface area contributed by atoms with E-state index in [4.69, 9.17) is 4.74 Å². The lowest BCUT2D eigenvalue weighted by molar-refractivity contribution is 0.0190. The summed E-state index contributed by atoms with van der Waals surface area (Å²) in [6.07, 6.45) is 2.17. The Morgan fingerprint density at radius 1 is 1.44 bits per heavy atom. The van der Waals surface area contributed by atoms with Gasteiger partial charge in [0.15, 0.2) is 0 Å². The number of phenols is 2. The molecule has 4 heteroatoms. The van der Waals surface area contributed by atoms with Crippen molar-refractivity contribution in [1.82, 2.24) is 5.32 Å². The lowest BCUT2D eigenvalue weighted by atomic mass is 10.0. The predicted molar refractivity (Wildman–Crippen MR) is 69.8 cm³/mol. The monoisotopic (exact) mass is 251 g/mol. The number of ether oxygens (including phenoxy) is 1. The fraction of sp³-hybridized carbons (Fsp3) is 0.571. The molecule has 1 aliphatic rings. The van der Waals surface area contributed by atoms with Crippen molar-refractivity contribution >= 4 is 0 Å². The maximum atomic E-state index is 9.79. The van der Waals surface area contributed by atoms with Crippen LogP contribution in [-0.2, 0) is 4.74 Å². The smallest absolute Gasteiger partial charge is 0.124 e. The van der Waals surface area contributed by atoms with Crippen LogP contribution in [0.25, 0.3) is 0 Å². The molecule has 2 unspecified atom stereocenters. The Labute approximate surface area is 108 Å². The van der Waals surface area contributed by atoms with Gasteiger partial charge in [-0.2, -0.15) is 0 Å². The van der Waals surface area contributed by atoms with Crippen LogP contribution in [0.2, 0.25) is 0 Å². The summed E-state index contributed by atoms with van der Waals surface area (Å²) in [6, 6.07) is 4.70. The molecule has 1 aromatic rings. The zero-order valence-corrected chi connectivity index (χ0v) is 10.9. The SMILES string of the molecule is CC(NCC1(C)CCCO1)c1ccc(O)cc1O. The van der Waals surface area contributed by atoms with Crippen LogP contribution in [0.15, 0.2) is 18.2 Å². The third-order valence-electron chi connectivity index (χ3n) is 3.56. The summed E-state index contributed by atoms with van der Waals surface area (Å²) >= 11 is 0. The molecule has 0 spiro atoms. The first-order valence-electron chi connectivity index (χ1n) is 6.39. The Morgan fingerprint density at radius 3 is 2.83 bits per heavy atom. The van der Waals surface area contributed by atoms with Crippen molar-refractivity contribution in [2.75, 3.05) is 13.2 Å². The van der Waals surface area contributed by atoms with Gasteiger partial charge in [0.1, 0.15) is 11.5 Å². The van der Waals surface area contributed by atoms with Crippen molar-refractivity contribution in [3.63, 3.8) is 0 Å². The maximum absolute atomic E-state index is 9.79. The minimum absolute atomic E-state index is 0.0200. The maximum Gasteiger partial charge on any atom is 0.124 e. The van der Waals surface area contributed by atoms with Crippen LogP contribution in [0.4, 0.5) is 0 Å². The van der Waals surface area contributed by atoms with E-state index in [1.165, 1.54) is 6.07 Å². The second-order valence-electron chi connectivity index (χ2n) is 5.25. The summed E-state index contributed by atoms with van der Waals surface area (Å²) in [6.45, 7) is 5.69. The molecule has 0 aliphatic carbocycles. The van der Waals surface area contributed by atoms with E-state index in [1.807, 2.05) is 6.92 Å². The number of hydrogen-bond donors (Lipinski definition) is 3. The highest BCUT2D eigenvalue weighted by Gasteiger charge is 2.30. The zero-order chi connectivity index (χ0) is 13.2. The average molecular weight is 251 g/mol. The van der Waals surface area contributed by atoms with E-state index < -0.39 is 0 Å². The van der Waals surface area contributed by atoms with Crippen LogP contribution in [-0.4, -0.2) is 29.0 Å². The normalized spacial score (nSPS) is 25.2. The Balaban J connectivity index is 1.97. The lowest BCUT2D eigenvalue weighted by Gasteiger charge is -2.26. The van der Waals surface area contributed by atoms with Gasteiger partial charge in [0.2, 0.25) is 0 Å². The number of nitrogens with one attached hydrogen (secondary N) is 1. The predicted octanol–water partition coefficient (Wildman–Crippen LogP) is 2.32. The topological polar surface area (TPSA) is 61.7 Å². The molecule has 0 radical (unpaired) electrons. The molecular formula is C14H21NO3. The molecule has 1 aromatic carbocycles. The highest BCUT2D eigenvalue weighted by atomic mass is 16.5. The van der Waals surface area contributed by atoms with E-state index >= 15 is 0 Å². The third kappa shape index (κ3) is 2.94. The van der Waals surface area contributed by atoms with Gasteiger partial charge in [0.25, 0.3) is 0 Å². The van der Waals surface area contributed by atoms with Gasteiger partial charge in [-0.3, -0.25) is 0 Å². The molecule has 1 heterocycles. The van der Waals surface area contributed by atoms with Crippen LogP contribution < -0.4 is 5.32 Å². The summed E-state index contributed by atoms with van der Waals surface area (Å²) in [7, 11) is 0. The number of hydrogen-bond acceptors (Lipinski definition) is 4. The third-order valence-corrected chi connectivity index (χ3v) is 3.56. The largest absolute Gasteiger partial charge is 0.508 e. The fourth-order valence-corrected chi connectivity index (χ4v) is 2.35. The molecule has 1 aliphatic heterocycles. The highest BCUT2D eigenvalue weighted by Crippen LogP contribution is 2.29. The van der Waals surface area contributed by atoms with Gasteiger partial charge in [-0.05, 0) is 32.8 Å². The van der Waals surface area contributed by atoms with Gasteiger partial charge in [0, 0.05) is 30.8 Å². The Morgan fingerprint density at radius 2 is 2.22 bits per heavy atom. The summed E-state index contributed by atoms with van der Waals surface area (Å²) in [5.74, 6) is 0.196.